The lowest BCUT2D eigenvalue weighted by atomic mass is 10.1. The molecule has 0 saturated carbocycles. The van der Waals surface area contributed by atoms with E-state index < -0.39 is 0 Å². The third kappa shape index (κ3) is 3.95. The molecule has 5 nitrogen and oxygen atoms in total. The van der Waals surface area contributed by atoms with Gasteiger partial charge in [0.15, 0.2) is 5.82 Å². The normalized spacial score (nSPS) is 13.0. The molecule has 1 atom stereocenters. The van der Waals surface area contributed by atoms with Crippen molar-refractivity contribution in [3.63, 3.8) is 0 Å². The molecule has 0 saturated heterocycles. The highest BCUT2D eigenvalue weighted by Crippen LogP contribution is 2.04. The molecule has 1 aromatic heterocycles. The summed E-state index contributed by atoms with van der Waals surface area (Å²) < 4.78 is 1.90. The molecule has 0 bridgehead atoms. The van der Waals surface area contributed by atoms with Gasteiger partial charge in [0, 0.05) is 6.54 Å². The van der Waals surface area contributed by atoms with Gasteiger partial charge in [0.25, 0.3) is 0 Å². The van der Waals surface area contributed by atoms with Gasteiger partial charge in [-0.2, -0.15) is 0 Å². The summed E-state index contributed by atoms with van der Waals surface area (Å²) in [6, 6.07) is 0. The Morgan fingerprint density at radius 3 is 2.87 bits per heavy atom. The number of rotatable bonds is 7. The fraction of sp³-hybridized carbons (Fsp3) is 0.900. The molecule has 0 amide bonds. The van der Waals surface area contributed by atoms with Gasteiger partial charge in [-0.15, -0.1) is 5.10 Å². The van der Waals surface area contributed by atoms with Gasteiger partial charge in [-0.3, -0.25) is 0 Å². The highest BCUT2D eigenvalue weighted by molar-refractivity contribution is 4.80. The molecule has 0 aromatic carbocycles. The Morgan fingerprint density at radius 2 is 2.20 bits per heavy atom. The van der Waals surface area contributed by atoms with Crippen LogP contribution in [0.2, 0.25) is 0 Å². The van der Waals surface area contributed by atoms with Crippen LogP contribution in [0, 0.1) is 5.92 Å². The average Bonchev–Trinajstić information content (AvgIpc) is 2.66. The van der Waals surface area contributed by atoms with Gasteiger partial charge in [0.2, 0.25) is 0 Å². The largest absolute Gasteiger partial charge is 0.310 e. The van der Waals surface area contributed by atoms with Crippen molar-refractivity contribution in [3.05, 3.63) is 5.82 Å². The zero-order valence-corrected chi connectivity index (χ0v) is 9.90. The van der Waals surface area contributed by atoms with Gasteiger partial charge in [-0.1, -0.05) is 27.2 Å². The summed E-state index contributed by atoms with van der Waals surface area (Å²) in [6.07, 6.45) is 2.29. The van der Waals surface area contributed by atoms with Crippen LogP contribution in [0.3, 0.4) is 0 Å². The SMILES string of the molecule is CCCNCc1nnnn1CC(C)CC. The maximum Gasteiger partial charge on any atom is 0.165 e. The highest BCUT2D eigenvalue weighted by atomic mass is 15.5. The van der Waals surface area contributed by atoms with Crippen molar-refractivity contribution in [1.29, 1.82) is 0 Å². The van der Waals surface area contributed by atoms with E-state index in [2.05, 4.69) is 41.6 Å². The molecule has 0 aliphatic carbocycles. The molecule has 1 heterocycles. The number of nitrogens with one attached hydrogen (secondary N) is 1. The Morgan fingerprint density at radius 1 is 1.40 bits per heavy atom. The van der Waals surface area contributed by atoms with E-state index in [9.17, 15) is 0 Å². The second-order valence-electron chi connectivity index (χ2n) is 3.97. The molecular weight excluding hydrogens is 190 g/mol. The zero-order chi connectivity index (χ0) is 11.1. The van der Waals surface area contributed by atoms with E-state index in [-0.39, 0.29) is 0 Å². The van der Waals surface area contributed by atoms with Crippen molar-refractivity contribution >= 4 is 0 Å². The molecule has 1 N–H and O–H groups in total. The van der Waals surface area contributed by atoms with Crippen LogP contribution in [0.1, 0.15) is 39.4 Å². The van der Waals surface area contributed by atoms with Crippen LogP contribution >= 0.6 is 0 Å². The summed E-state index contributed by atoms with van der Waals surface area (Å²) in [7, 11) is 0. The van der Waals surface area contributed by atoms with Gasteiger partial charge >= 0.3 is 0 Å². The van der Waals surface area contributed by atoms with E-state index in [1.165, 1.54) is 0 Å². The van der Waals surface area contributed by atoms with Gasteiger partial charge < -0.3 is 5.32 Å². The maximum atomic E-state index is 4.01. The quantitative estimate of drug-likeness (QED) is 0.689. The molecule has 0 fully saturated rings. The minimum absolute atomic E-state index is 0.624. The fourth-order valence-electron chi connectivity index (χ4n) is 1.29. The van der Waals surface area contributed by atoms with Crippen LogP contribution in [0.15, 0.2) is 0 Å². The monoisotopic (exact) mass is 211 g/mol. The smallest absolute Gasteiger partial charge is 0.165 e. The molecule has 0 aliphatic heterocycles. The molecule has 1 aromatic rings. The number of nitrogens with zero attached hydrogens (tertiary/aromatic N) is 4. The first-order chi connectivity index (χ1) is 7.27. The zero-order valence-electron chi connectivity index (χ0n) is 9.90. The predicted molar refractivity (Wildman–Crippen MR) is 59.3 cm³/mol. The maximum absolute atomic E-state index is 4.01. The first-order valence-corrected chi connectivity index (χ1v) is 5.73. The highest BCUT2D eigenvalue weighted by Gasteiger charge is 2.07. The molecule has 0 aliphatic rings. The average molecular weight is 211 g/mol. The lowest BCUT2D eigenvalue weighted by Crippen LogP contribution is -2.19. The minimum atomic E-state index is 0.624. The lowest BCUT2D eigenvalue weighted by Gasteiger charge is -2.09. The summed E-state index contributed by atoms with van der Waals surface area (Å²) in [6.45, 7) is 9.23. The topological polar surface area (TPSA) is 55.6 Å². The van der Waals surface area contributed by atoms with E-state index in [1.807, 2.05) is 4.68 Å². The summed E-state index contributed by atoms with van der Waals surface area (Å²) in [4.78, 5) is 0. The predicted octanol–water partition coefficient (Wildman–Crippen LogP) is 1.22. The molecule has 86 valence electrons. The van der Waals surface area contributed by atoms with Crippen molar-refractivity contribution in [2.75, 3.05) is 6.54 Å². The molecule has 1 rings (SSSR count). The van der Waals surface area contributed by atoms with Crippen LogP contribution in [0.4, 0.5) is 0 Å². The standard InChI is InChI=1S/C10H21N5/c1-4-6-11-7-10-12-13-14-15(10)8-9(3)5-2/h9,11H,4-8H2,1-3H3. The van der Waals surface area contributed by atoms with Gasteiger partial charge in [0.1, 0.15) is 0 Å². The summed E-state index contributed by atoms with van der Waals surface area (Å²) in [5.41, 5.74) is 0. The first kappa shape index (κ1) is 12.1. The van der Waals surface area contributed by atoms with Crippen molar-refractivity contribution < 1.29 is 0 Å². The van der Waals surface area contributed by atoms with Crippen molar-refractivity contribution in [2.24, 2.45) is 5.92 Å². The lowest BCUT2D eigenvalue weighted by molar-refractivity contribution is 0.416. The van der Waals surface area contributed by atoms with Crippen molar-refractivity contribution in [3.8, 4) is 0 Å². The Labute approximate surface area is 91.2 Å². The number of hydrogen-bond donors (Lipinski definition) is 1. The van der Waals surface area contributed by atoms with E-state index >= 15 is 0 Å². The van der Waals surface area contributed by atoms with Crippen LogP contribution in [0.25, 0.3) is 0 Å². The Bertz CT molecular complexity index is 271. The molecule has 0 spiro atoms. The van der Waals surface area contributed by atoms with E-state index in [0.29, 0.717) is 5.92 Å². The minimum Gasteiger partial charge on any atom is -0.310 e. The van der Waals surface area contributed by atoms with Gasteiger partial charge in [0.05, 0.1) is 6.54 Å². The number of tetrazole rings is 1. The molecular formula is C10H21N5. The Hall–Kier alpha value is -0.970. The Kier molecular flexibility index (Phi) is 5.25. The third-order valence-electron chi connectivity index (χ3n) is 2.50. The third-order valence-corrected chi connectivity index (χ3v) is 2.50. The van der Waals surface area contributed by atoms with Crippen LogP contribution < -0.4 is 5.32 Å². The molecule has 1 unspecified atom stereocenters. The van der Waals surface area contributed by atoms with E-state index in [4.69, 9.17) is 0 Å². The van der Waals surface area contributed by atoms with Crippen LogP contribution in [-0.4, -0.2) is 26.8 Å². The molecule has 0 radical (unpaired) electrons. The second kappa shape index (κ2) is 6.50. The second-order valence-corrected chi connectivity index (χ2v) is 3.97. The van der Waals surface area contributed by atoms with Crippen molar-refractivity contribution in [2.45, 2.75) is 46.7 Å². The van der Waals surface area contributed by atoms with Gasteiger partial charge in [-0.05, 0) is 29.3 Å². The van der Waals surface area contributed by atoms with Crippen LogP contribution in [0.5, 0.6) is 0 Å². The number of aromatic nitrogens is 4. The summed E-state index contributed by atoms with van der Waals surface area (Å²) in [5, 5.41) is 15.0. The first-order valence-electron chi connectivity index (χ1n) is 5.73. The molecule has 15 heavy (non-hydrogen) atoms. The summed E-state index contributed by atoms with van der Waals surface area (Å²) >= 11 is 0. The Balaban J connectivity index is 2.45. The summed E-state index contributed by atoms with van der Waals surface area (Å²) in [5.74, 6) is 1.56. The van der Waals surface area contributed by atoms with E-state index in [0.717, 1.165) is 38.3 Å². The molecule has 5 heteroatoms. The van der Waals surface area contributed by atoms with E-state index in [1.54, 1.807) is 0 Å². The van der Waals surface area contributed by atoms with Gasteiger partial charge in [-0.25, -0.2) is 4.68 Å². The van der Waals surface area contributed by atoms with Crippen molar-refractivity contribution in [1.82, 2.24) is 25.5 Å². The van der Waals surface area contributed by atoms with Crippen LogP contribution in [-0.2, 0) is 13.1 Å². The number of hydrogen-bond acceptors (Lipinski definition) is 4. The fourth-order valence-corrected chi connectivity index (χ4v) is 1.29.